The molecule has 0 unspecified atom stereocenters. The Kier molecular flexibility index (Phi) is 9.62. The van der Waals surface area contributed by atoms with Crippen LogP contribution in [0, 0.1) is 0 Å². The van der Waals surface area contributed by atoms with E-state index >= 15 is 0 Å². The summed E-state index contributed by atoms with van der Waals surface area (Å²) in [5.41, 5.74) is 0. The molecule has 0 aromatic carbocycles. The molecule has 1 amide bonds. The molecule has 0 aliphatic carbocycles. The summed E-state index contributed by atoms with van der Waals surface area (Å²) in [4.78, 5) is 57.8. The van der Waals surface area contributed by atoms with Crippen molar-refractivity contribution >= 4 is 29.8 Å². The van der Waals surface area contributed by atoms with Gasteiger partial charge in [0.05, 0.1) is 13.2 Å². The van der Waals surface area contributed by atoms with E-state index in [4.69, 9.17) is 18.9 Å². The van der Waals surface area contributed by atoms with Crippen LogP contribution in [-0.2, 0) is 47.7 Å². The number of esters is 4. The minimum absolute atomic E-state index is 0.667. The molecular weight excluding hydrogens is 447 g/mol. The average molecular weight is 469 g/mol. The van der Waals surface area contributed by atoms with Gasteiger partial charge in [0.1, 0.15) is 12.7 Å². The first-order valence-corrected chi connectivity index (χ1v) is 9.03. The predicted molar refractivity (Wildman–Crippen MR) is 95.5 cm³/mol. The number of alkyl halides is 3. The Labute approximate surface area is 180 Å². The van der Waals surface area contributed by atoms with Crippen molar-refractivity contribution in [3.63, 3.8) is 0 Å². The number of halogens is 3. The molecule has 0 aromatic heterocycles. The highest BCUT2D eigenvalue weighted by Crippen LogP contribution is 2.25. The van der Waals surface area contributed by atoms with E-state index in [-0.39, 0.29) is 0 Å². The fraction of sp³-hybridized carbons (Fsp3) is 0.611. The highest BCUT2D eigenvalue weighted by molar-refractivity contribution is 5.82. The molecule has 5 atom stereocenters. The molecule has 0 fully saturated rings. The summed E-state index contributed by atoms with van der Waals surface area (Å²) < 4.78 is 63.2. The Balaban J connectivity index is 3.40. The second kappa shape index (κ2) is 11.5. The summed E-state index contributed by atoms with van der Waals surface area (Å²) in [6.07, 6.45) is -9.62. The monoisotopic (exact) mass is 469 g/mol. The fourth-order valence-corrected chi connectivity index (χ4v) is 2.68. The maximum Gasteiger partial charge on any atom is 0.471 e. The molecule has 14 heteroatoms. The molecule has 1 N–H and O–H groups in total. The zero-order valence-corrected chi connectivity index (χ0v) is 17.5. The minimum Gasteiger partial charge on any atom is -0.467 e. The van der Waals surface area contributed by atoms with Gasteiger partial charge in [-0.25, -0.2) is 4.79 Å². The van der Waals surface area contributed by atoms with Crippen LogP contribution in [0.4, 0.5) is 13.2 Å². The quantitative estimate of drug-likeness (QED) is 0.292. The summed E-state index contributed by atoms with van der Waals surface area (Å²) in [5.74, 6) is -5.97. The standard InChI is InChI=1S/C18H22F3NO10/c1-8(23)29-7-13(30-9(2)24)15(31-10(3)25)14-11(22-17(27)18(19,20)21)5-6-12(32-14)16(26)28-4/h5-6,11-15H,7H2,1-4H3,(H,22,27)/t11-,12-,13-,14-,15-/m1/s1. The smallest absolute Gasteiger partial charge is 0.467 e. The normalized spacial score (nSPS) is 22.2. The highest BCUT2D eigenvalue weighted by atomic mass is 19.4. The number of ether oxygens (including phenoxy) is 5. The van der Waals surface area contributed by atoms with Gasteiger partial charge in [-0.1, -0.05) is 6.08 Å². The molecule has 11 nitrogen and oxygen atoms in total. The number of rotatable bonds is 8. The number of amides is 1. The molecule has 1 aliphatic heterocycles. The molecule has 0 saturated carbocycles. The Morgan fingerprint density at radius 2 is 1.59 bits per heavy atom. The van der Waals surface area contributed by atoms with Gasteiger partial charge >= 0.3 is 36.0 Å². The van der Waals surface area contributed by atoms with Gasteiger partial charge in [-0.05, 0) is 6.08 Å². The second-order valence-corrected chi connectivity index (χ2v) is 6.45. The van der Waals surface area contributed by atoms with Gasteiger partial charge in [0, 0.05) is 20.8 Å². The lowest BCUT2D eigenvalue weighted by atomic mass is 9.96. The van der Waals surface area contributed by atoms with Crippen LogP contribution in [0.2, 0.25) is 0 Å². The van der Waals surface area contributed by atoms with E-state index in [0.29, 0.717) is 0 Å². The van der Waals surface area contributed by atoms with E-state index in [1.807, 2.05) is 0 Å². The molecule has 0 radical (unpaired) electrons. The van der Waals surface area contributed by atoms with E-state index in [1.165, 1.54) is 0 Å². The van der Waals surface area contributed by atoms with Crippen LogP contribution in [0.15, 0.2) is 12.2 Å². The number of nitrogens with one attached hydrogen (secondary N) is 1. The molecule has 0 bridgehead atoms. The van der Waals surface area contributed by atoms with Crippen LogP contribution >= 0.6 is 0 Å². The van der Waals surface area contributed by atoms with Gasteiger partial charge in [0.25, 0.3) is 0 Å². The van der Waals surface area contributed by atoms with Crippen molar-refractivity contribution < 1.29 is 60.8 Å². The van der Waals surface area contributed by atoms with Gasteiger partial charge in [0.15, 0.2) is 18.3 Å². The summed E-state index contributed by atoms with van der Waals surface area (Å²) in [6.45, 7) is 2.29. The van der Waals surface area contributed by atoms with Crippen molar-refractivity contribution in [2.75, 3.05) is 13.7 Å². The van der Waals surface area contributed by atoms with Crippen LogP contribution in [-0.4, -0.2) is 80.1 Å². The van der Waals surface area contributed by atoms with E-state index in [0.717, 1.165) is 40.0 Å². The zero-order chi connectivity index (χ0) is 24.6. The van der Waals surface area contributed by atoms with Crippen LogP contribution in [0.1, 0.15) is 20.8 Å². The molecule has 1 rings (SSSR count). The third-order valence-corrected chi connectivity index (χ3v) is 3.90. The van der Waals surface area contributed by atoms with E-state index in [2.05, 4.69) is 4.74 Å². The number of hydrogen-bond donors (Lipinski definition) is 1. The van der Waals surface area contributed by atoms with Crippen LogP contribution in [0.5, 0.6) is 0 Å². The number of hydrogen-bond acceptors (Lipinski definition) is 10. The minimum atomic E-state index is -5.26. The maximum atomic E-state index is 12.8. The molecule has 32 heavy (non-hydrogen) atoms. The predicted octanol–water partition coefficient (Wildman–Crippen LogP) is -0.0434. The van der Waals surface area contributed by atoms with Crippen molar-refractivity contribution in [3.05, 3.63) is 12.2 Å². The maximum absolute atomic E-state index is 12.8. The van der Waals surface area contributed by atoms with Crippen LogP contribution in [0.3, 0.4) is 0 Å². The summed E-state index contributed by atoms with van der Waals surface area (Å²) >= 11 is 0. The van der Waals surface area contributed by atoms with E-state index in [1.54, 1.807) is 5.32 Å². The van der Waals surface area contributed by atoms with Crippen molar-refractivity contribution in [2.45, 2.75) is 57.4 Å². The Morgan fingerprint density at radius 3 is 2.06 bits per heavy atom. The van der Waals surface area contributed by atoms with Gasteiger partial charge in [-0.15, -0.1) is 0 Å². The molecule has 0 spiro atoms. The topological polar surface area (TPSA) is 144 Å². The first kappa shape index (κ1) is 26.9. The fourth-order valence-electron chi connectivity index (χ4n) is 2.68. The van der Waals surface area contributed by atoms with Gasteiger partial charge in [-0.3, -0.25) is 19.2 Å². The van der Waals surface area contributed by atoms with Crippen molar-refractivity contribution in [1.82, 2.24) is 5.32 Å². The first-order chi connectivity index (χ1) is 14.8. The Bertz CT molecular complexity index is 767. The Hall–Kier alpha value is -3.16. The van der Waals surface area contributed by atoms with Crippen molar-refractivity contribution in [2.24, 2.45) is 0 Å². The first-order valence-electron chi connectivity index (χ1n) is 9.03. The lowest BCUT2D eigenvalue weighted by molar-refractivity contribution is -0.196. The van der Waals surface area contributed by atoms with Gasteiger partial charge in [0.2, 0.25) is 0 Å². The zero-order valence-electron chi connectivity index (χ0n) is 17.5. The lowest BCUT2D eigenvalue weighted by Gasteiger charge is -2.38. The van der Waals surface area contributed by atoms with Gasteiger partial charge in [-0.2, -0.15) is 13.2 Å². The van der Waals surface area contributed by atoms with Crippen molar-refractivity contribution in [3.8, 4) is 0 Å². The SMILES string of the molecule is COC(=O)[C@H]1C=C[C@@H](NC(=O)C(F)(F)F)[C@H]([C@H](OC(C)=O)[C@@H](COC(C)=O)OC(C)=O)O1. The van der Waals surface area contributed by atoms with Gasteiger partial charge < -0.3 is 29.0 Å². The largest absolute Gasteiger partial charge is 0.471 e. The lowest BCUT2D eigenvalue weighted by Crippen LogP contribution is -2.59. The van der Waals surface area contributed by atoms with E-state index < -0.39 is 73.0 Å². The van der Waals surface area contributed by atoms with Crippen LogP contribution < -0.4 is 5.32 Å². The second-order valence-electron chi connectivity index (χ2n) is 6.45. The number of carbonyl (C=O) groups is 5. The van der Waals surface area contributed by atoms with Crippen LogP contribution in [0.25, 0.3) is 0 Å². The Morgan fingerprint density at radius 1 is 1.00 bits per heavy atom. The molecule has 0 aromatic rings. The molecule has 1 aliphatic rings. The summed E-state index contributed by atoms with van der Waals surface area (Å²) in [6, 6.07) is -1.59. The molecular formula is C18H22F3NO10. The van der Waals surface area contributed by atoms with Crippen molar-refractivity contribution in [1.29, 1.82) is 0 Å². The third kappa shape index (κ3) is 8.17. The summed E-state index contributed by atoms with van der Waals surface area (Å²) in [5, 5.41) is 1.65. The number of carbonyl (C=O) groups excluding carboxylic acids is 5. The molecule has 180 valence electrons. The summed E-state index contributed by atoms with van der Waals surface area (Å²) in [7, 11) is 1.03. The third-order valence-electron chi connectivity index (χ3n) is 3.90. The average Bonchev–Trinajstić information content (AvgIpc) is 2.67. The number of methoxy groups -OCH3 is 1. The highest BCUT2D eigenvalue weighted by Gasteiger charge is 2.47. The molecule has 0 saturated heterocycles. The molecule has 1 heterocycles. The van der Waals surface area contributed by atoms with E-state index in [9.17, 15) is 37.1 Å².